The average Bonchev–Trinajstić information content (AvgIpc) is 2.68. The third-order valence-corrected chi connectivity index (χ3v) is 3.22. The van der Waals surface area contributed by atoms with Gasteiger partial charge < -0.3 is 9.47 Å². The van der Waals surface area contributed by atoms with Crippen LogP contribution in [0.4, 0.5) is 0 Å². The number of nitriles is 1. The van der Waals surface area contributed by atoms with Crippen LogP contribution in [0.15, 0.2) is 24.4 Å². The van der Waals surface area contributed by atoms with E-state index in [9.17, 15) is 0 Å². The van der Waals surface area contributed by atoms with Crippen molar-refractivity contribution >= 4 is 0 Å². The molecule has 2 atom stereocenters. The third kappa shape index (κ3) is 3.06. The summed E-state index contributed by atoms with van der Waals surface area (Å²) in [4.78, 5) is 4.19. The van der Waals surface area contributed by atoms with Gasteiger partial charge >= 0.3 is 0 Å². The first-order valence-corrected chi connectivity index (χ1v) is 6.14. The topological polar surface area (TPSA) is 55.1 Å². The monoisotopic (exact) mass is 246 g/mol. The van der Waals surface area contributed by atoms with Crippen molar-refractivity contribution in [2.75, 3.05) is 6.61 Å². The Morgan fingerprint density at radius 2 is 2.28 bits per heavy atom. The van der Waals surface area contributed by atoms with Gasteiger partial charge in [-0.2, -0.15) is 5.26 Å². The molecule has 0 radical (unpaired) electrons. The number of aromatic nitrogens is 1. The summed E-state index contributed by atoms with van der Waals surface area (Å²) in [6, 6.07) is 7.96. The van der Waals surface area contributed by atoms with E-state index in [1.165, 1.54) is 0 Å². The molecule has 1 saturated heterocycles. The van der Waals surface area contributed by atoms with Gasteiger partial charge in [-0.15, -0.1) is 0 Å². The minimum Gasteiger partial charge on any atom is -0.372 e. The lowest BCUT2D eigenvalue weighted by Gasteiger charge is -2.26. The first kappa shape index (κ1) is 13.0. The SMILES string of the molecule is CC1(C#N)CCC(C)(COCc2ccccn2)O1. The summed E-state index contributed by atoms with van der Waals surface area (Å²) in [5, 5.41) is 9.04. The van der Waals surface area contributed by atoms with Crippen molar-refractivity contribution < 1.29 is 9.47 Å². The Kier molecular flexibility index (Phi) is 3.65. The lowest BCUT2D eigenvalue weighted by Crippen LogP contribution is -2.34. The molecule has 0 aliphatic carbocycles. The van der Waals surface area contributed by atoms with E-state index < -0.39 is 5.60 Å². The van der Waals surface area contributed by atoms with Crippen molar-refractivity contribution in [3.8, 4) is 6.07 Å². The predicted molar refractivity (Wildman–Crippen MR) is 66.6 cm³/mol. The van der Waals surface area contributed by atoms with Gasteiger partial charge in [-0.1, -0.05) is 6.07 Å². The molecule has 18 heavy (non-hydrogen) atoms. The highest BCUT2D eigenvalue weighted by atomic mass is 16.6. The highest BCUT2D eigenvalue weighted by molar-refractivity contribution is 5.06. The lowest BCUT2D eigenvalue weighted by atomic mass is 10.00. The number of hydrogen-bond donors (Lipinski definition) is 0. The first-order valence-electron chi connectivity index (χ1n) is 6.14. The molecule has 0 saturated carbocycles. The Bertz CT molecular complexity index is 443. The summed E-state index contributed by atoms with van der Waals surface area (Å²) < 4.78 is 11.5. The van der Waals surface area contributed by atoms with E-state index in [0.717, 1.165) is 18.5 Å². The average molecular weight is 246 g/mol. The van der Waals surface area contributed by atoms with Crippen LogP contribution in [-0.4, -0.2) is 22.8 Å². The number of pyridine rings is 1. The molecule has 2 unspecified atom stereocenters. The highest BCUT2D eigenvalue weighted by Crippen LogP contribution is 2.37. The highest BCUT2D eigenvalue weighted by Gasteiger charge is 2.44. The Hall–Kier alpha value is -1.44. The Morgan fingerprint density at radius 3 is 2.89 bits per heavy atom. The van der Waals surface area contributed by atoms with Crippen LogP contribution in [0.3, 0.4) is 0 Å². The van der Waals surface area contributed by atoms with Crippen LogP contribution in [0.1, 0.15) is 32.4 Å². The maximum absolute atomic E-state index is 9.04. The fourth-order valence-electron chi connectivity index (χ4n) is 2.18. The minimum absolute atomic E-state index is 0.362. The summed E-state index contributed by atoms with van der Waals surface area (Å²) >= 11 is 0. The van der Waals surface area contributed by atoms with Crippen LogP contribution >= 0.6 is 0 Å². The van der Waals surface area contributed by atoms with Gasteiger partial charge in [0, 0.05) is 6.20 Å². The lowest BCUT2D eigenvalue weighted by molar-refractivity contribution is -0.102. The molecular formula is C14H18N2O2. The van der Waals surface area contributed by atoms with E-state index in [1.807, 2.05) is 32.0 Å². The van der Waals surface area contributed by atoms with Crippen LogP contribution < -0.4 is 0 Å². The van der Waals surface area contributed by atoms with Gasteiger partial charge in [0.25, 0.3) is 0 Å². The molecule has 4 nitrogen and oxygen atoms in total. The molecule has 1 aromatic heterocycles. The van der Waals surface area contributed by atoms with Gasteiger partial charge in [0.1, 0.15) is 0 Å². The van der Waals surface area contributed by atoms with Crippen molar-refractivity contribution in [1.82, 2.24) is 4.98 Å². The number of rotatable bonds is 4. The molecule has 0 spiro atoms. The van der Waals surface area contributed by atoms with Crippen molar-refractivity contribution in [3.63, 3.8) is 0 Å². The second-order valence-electron chi connectivity index (χ2n) is 5.21. The second kappa shape index (κ2) is 5.05. The van der Waals surface area contributed by atoms with Gasteiger partial charge in [-0.25, -0.2) is 0 Å². The van der Waals surface area contributed by atoms with E-state index in [1.54, 1.807) is 6.20 Å². The predicted octanol–water partition coefficient (Wildman–Crippen LogP) is 2.45. The van der Waals surface area contributed by atoms with E-state index in [4.69, 9.17) is 14.7 Å². The summed E-state index contributed by atoms with van der Waals surface area (Å²) in [6.07, 6.45) is 3.35. The smallest absolute Gasteiger partial charge is 0.152 e. The maximum Gasteiger partial charge on any atom is 0.152 e. The molecule has 2 heterocycles. The summed E-state index contributed by atoms with van der Waals surface area (Å²) in [5.74, 6) is 0. The van der Waals surface area contributed by atoms with E-state index in [2.05, 4.69) is 11.1 Å². The quantitative estimate of drug-likeness (QED) is 0.818. The fourth-order valence-corrected chi connectivity index (χ4v) is 2.18. The van der Waals surface area contributed by atoms with Crippen LogP contribution in [0, 0.1) is 11.3 Å². The normalized spacial score (nSPS) is 31.2. The Morgan fingerprint density at radius 1 is 1.44 bits per heavy atom. The molecule has 1 aliphatic heterocycles. The van der Waals surface area contributed by atoms with Gasteiger partial charge in [0.05, 0.1) is 30.6 Å². The summed E-state index contributed by atoms with van der Waals surface area (Å²) in [7, 11) is 0. The zero-order chi connectivity index (χ0) is 13.1. The Labute approximate surface area is 108 Å². The standard InChI is InChI=1S/C14H18N2O2/c1-13(10-15)6-7-14(2,18-13)11-17-9-12-5-3-4-8-16-12/h3-5,8H,6-7,9,11H2,1-2H3. The molecule has 1 aromatic rings. The molecular weight excluding hydrogens is 228 g/mol. The maximum atomic E-state index is 9.04. The molecule has 4 heteroatoms. The molecule has 0 N–H and O–H groups in total. The number of ether oxygens (including phenoxy) is 2. The summed E-state index contributed by atoms with van der Waals surface area (Å²) in [5.41, 5.74) is -0.121. The molecule has 1 fully saturated rings. The van der Waals surface area contributed by atoms with Crippen molar-refractivity contribution in [2.24, 2.45) is 0 Å². The van der Waals surface area contributed by atoms with E-state index in [0.29, 0.717) is 13.2 Å². The van der Waals surface area contributed by atoms with Crippen molar-refractivity contribution in [3.05, 3.63) is 30.1 Å². The molecule has 0 amide bonds. The molecule has 1 aliphatic rings. The van der Waals surface area contributed by atoms with E-state index in [-0.39, 0.29) is 5.60 Å². The van der Waals surface area contributed by atoms with Crippen molar-refractivity contribution in [2.45, 2.75) is 44.5 Å². The van der Waals surface area contributed by atoms with Crippen LogP contribution in [-0.2, 0) is 16.1 Å². The Balaban J connectivity index is 1.83. The number of nitrogens with zero attached hydrogens (tertiary/aromatic N) is 2. The molecule has 0 bridgehead atoms. The largest absolute Gasteiger partial charge is 0.372 e. The van der Waals surface area contributed by atoms with Gasteiger partial charge in [0.2, 0.25) is 0 Å². The molecule has 96 valence electrons. The van der Waals surface area contributed by atoms with E-state index >= 15 is 0 Å². The van der Waals surface area contributed by atoms with Gasteiger partial charge in [0.15, 0.2) is 5.60 Å². The van der Waals surface area contributed by atoms with Crippen molar-refractivity contribution in [1.29, 1.82) is 5.26 Å². The van der Waals surface area contributed by atoms with Gasteiger partial charge in [-0.05, 0) is 38.8 Å². The molecule has 0 aromatic carbocycles. The number of hydrogen-bond acceptors (Lipinski definition) is 4. The first-order chi connectivity index (χ1) is 8.55. The third-order valence-electron chi connectivity index (χ3n) is 3.22. The summed E-state index contributed by atoms with van der Waals surface area (Å²) in [6.45, 7) is 4.79. The van der Waals surface area contributed by atoms with Crippen LogP contribution in [0.2, 0.25) is 0 Å². The second-order valence-corrected chi connectivity index (χ2v) is 5.21. The zero-order valence-corrected chi connectivity index (χ0v) is 10.8. The van der Waals surface area contributed by atoms with Crippen LogP contribution in [0.5, 0.6) is 0 Å². The zero-order valence-electron chi connectivity index (χ0n) is 10.8. The van der Waals surface area contributed by atoms with Crippen LogP contribution in [0.25, 0.3) is 0 Å². The fraction of sp³-hybridized carbons (Fsp3) is 0.571. The van der Waals surface area contributed by atoms with Gasteiger partial charge in [-0.3, -0.25) is 4.98 Å². The minimum atomic E-state index is -0.664. The molecule has 2 rings (SSSR count).